The van der Waals surface area contributed by atoms with Gasteiger partial charge in [-0.3, -0.25) is 9.69 Å². The van der Waals surface area contributed by atoms with Gasteiger partial charge in [-0.15, -0.1) is 0 Å². The number of aromatic nitrogens is 1. The molecule has 1 aliphatic rings. The molecular formula is C34H25N3O3S2. The number of methoxy groups -OCH3 is 2. The van der Waals surface area contributed by atoms with Crippen molar-refractivity contribution in [1.29, 1.82) is 5.26 Å². The van der Waals surface area contributed by atoms with Crippen molar-refractivity contribution < 1.29 is 14.3 Å². The largest absolute Gasteiger partial charge is 0.497 e. The predicted octanol–water partition coefficient (Wildman–Crippen LogP) is 8.23. The van der Waals surface area contributed by atoms with E-state index in [1.165, 1.54) is 11.8 Å². The number of hydrogen-bond acceptors (Lipinski definition) is 7. The molecule has 0 saturated carbocycles. The van der Waals surface area contributed by atoms with Crippen molar-refractivity contribution >= 4 is 40.8 Å². The molecule has 0 aliphatic carbocycles. The Balaban J connectivity index is 1.39. The second kappa shape index (κ2) is 12.0. The first-order valence-corrected chi connectivity index (χ1v) is 15.0. The average molecular weight is 588 g/mol. The van der Waals surface area contributed by atoms with E-state index in [0.717, 1.165) is 49.4 Å². The number of carbonyl (C=O) groups is 1. The van der Waals surface area contributed by atoms with Gasteiger partial charge in [0, 0.05) is 20.9 Å². The fraction of sp³-hybridized carbons (Fsp3) is 0.0882. The van der Waals surface area contributed by atoms with Crippen molar-refractivity contribution in [2.45, 2.75) is 14.8 Å². The number of ether oxygens (including phenoxy) is 2. The number of carbonyl (C=O) groups excluding carboxylic acids is 1. The first-order chi connectivity index (χ1) is 20.6. The number of hydrogen-bond donors (Lipinski definition) is 0. The van der Waals surface area contributed by atoms with E-state index < -0.39 is 0 Å². The van der Waals surface area contributed by atoms with E-state index >= 15 is 0 Å². The predicted molar refractivity (Wildman–Crippen MR) is 168 cm³/mol. The summed E-state index contributed by atoms with van der Waals surface area (Å²) in [5, 5.41) is 10.8. The molecule has 0 radical (unpaired) electrons. The van der Waals surface area contributed by atoms with Crippen LogP contribution in [0.5, 0.6) is 11.5 Å². The Hall–Kier alpha value is -4.71. The van der Waals surface area contributed by atoms with Crippen LogP contribution in [0.2, 0.25) is 0 Å². The second-order valence-electron chi connectivity index (χ2n) is 9.36. The molecule has 0 bridgehead atoms. The molecule has 8 heteroatoms. The minimum absolute atomic E-state index is 0.0910. The van der Waals surface area contributed by atoms with Crippen LogP contribution in [-0.2, 0) is 4.79 Å². The van der Waals surface area contributed by atoms with Crippen LogP contribution in [0.25, 0.3) is 22.4 Å². The lowest BCUT2D eigenvalue weighted by molar-refractivity contribution is -0.115. The molecule has 0 saturated heterocycles. The van der Waals surface area contributed by atoms with Crippen LogP contribution in [-0.4, -0.2) is 30.9 Å². The van der Waals surface area contributed by atoms with E-state index in [2.05, 4.69) is 6.07 Å². The lowest BCUT2D eigenvalue weighted by Crippen LogP contribution is -2.30. The quantitative estimate of drug-likeness (QED) is 0.178. The molecule has 2 heterocycles. The van der Waals surface area contributed by atoms with Gasteiger partial charge in [0.2, 0.25) is 5.91 Å². The third-order valence-electron chi connectivity index (χ3n) is 6.90. The van der Waals surface area contributed by atoms with Crippen LogP contribution in [0.1, 0.15) is 5.56 Å². The molecule has 1 amide bonds. The van der Waals surface area contributed by atoms with Crippen molar-refractivity contribution in [2.24, 2.45) is 0 Å². The van der Waals surface area contributed by atoms with Gasteiger partial charge in [-0.25, -0.2) is 4.98 Å². The highest BCUT2D eigenvalue weighted by atomic mass is 32.2. The van der Waals surface area contributed by atoms with Crippen molar-refractivity contribution in [3.8, 4) is 40.0 Å². The Morgan fingerprint density at radius 1 is 0.833 bits per heavy atom. The zero-order valence-corrected chi connectivity index (χ0v) is 24.5. The molecule has 0 spiro atoms. The monoisotopic (exact) mass is 587 g/mol. The number of nitriles is 1. The maximum absolute atomic E-state index is 13.9. The second-order valence-corrected chi connectivity index (χ2v) is 11.4. The Morgan fingerprint density at radius 2 is 1.38 bits per heavy atom. The topological polar surface area (TPSA) is 75.5 Å². The molecule has 5 aromatic rings. The van der Waals surface area contributed by atoms with Crippen molar-refractivity contribution in [3.05, 3.63) is 109 Å². The number of nitrogens with zero attached hydrogens (tertiary/aromatic N) is 3. The van der Waals surface area contributed by atoms with Crippen molar-refractivity contribution in [2.75, 3.05) is 24.9 Å². The summed E-state index contributed by atoms with van der Waals surface area (Å²) in [7, 11) is 3.24. The fourth-order valence-corrected chi connectivity index (χ4v) is 6.72. The lowest BCUT2D eigenvalue weighted by atomic mass is 9.99. The number of pyridine rings is 1. The van der Waals surface area contributed by atoms with E-state index in [1.54, 1.807) is 30.9 Å². The van der Waals surface area contributed by atoms with Crippen molar-refractivity contribution in [1.82, 2.24) is 4.98 Å². The Morgan fingerprint density at radius 3 is 1.93 bits per heavy atom. The van der Waals surface area contributed by atoms with Crippen LogP contribution in [0, 0.1) is 11.3 Å². The zero-order chi connectivity index (χ0) is 29.1. The summed E-state index contributed by atoms with van der Waals surface area (Å²) < 4.78 is 10.7. The van der Waals surface area contributed by atoms with Crippen LogP contribution in [0.15, 0.2) is 118 Å². The van der Waals surface area contributed by atoms with Gasteiger partial charge in [0.25, 0.3) is 0 Å². The summed E-state index contributed by atoms with van der Waals surface area (Å²) in [4.78, 5) is 22.6. The highest BCUT2D eigenvalue weighted by Gasteiger charge is 2.28. The van der Waals surface area contributed by atoms with E-state index in [9.17, 15) is 10.1 Å². The summed E-state index contributed by atoms with van der Waals surface area (Å²) in [5.74, 6) is 1.47. The number of para-hydroxylation sites is 2. The number of amides is 1. The zero-order valence-electron chi connectivity index (χ0n) is 22.9. The molecule has 42 heavy (non-hydrogen) atoms. The highest BCUT2D eigenvalue weighted by molar-refractivity contribution is 8.00. The number of anilines is 2. The fourth-order valence-electron chi connectivity index (χ4n) is 4.81. The van der Waals surface area contributed by atoms with Gasteiger partial charge in [-0.2, -0.15) is 5.26 Å². The van der Waals surface area contributed by atoms with Crippen LogP contribution in [0.3, 0.4) is 0 Å². The Bertz CT molecular complexity index is 1770. The van der Waals surface area contributed by atoms with Gasteiger partial charge in [0.1, 0.15) is 22.6 Å². The summed E-state index contributed by atoms with van der Waals surface area (Å²) in [6.45, 7) is 0. The number of fused-ring (bicyclic) bond motifs is 2. The van der Waals surface area contributed by atoms with Gasteiger partial charge < -0.3 is 9.47 Å². The molecule has 0 N–H and O–H groups in total. The molecule has 206 valence electrons. The van der Waals surface area contributed by atoms with Gasteiger partial charge in [0.05, 0.1) is 42.6 Å². The van der Waals surface area contributed by atoms with Crippen molar-refractivity contribution in [3.63, 3.8) is 0 Å². The normalized spacial score (nSPS) is 11.7. The maximum atomic E-state index is 13.9. The molecule has 4 aromatic carbocycles. The maximum Gasteiger partial charge on any atom is 0.242 e. The van der Waals surface area contributed by atoms with Crippen LogP contribution >= 0.6 is 23.5 Å². The molecule has 1 aliphatic heterocycles. The standard InChI is InChI=1S/C34H25N3O3S2/c1-39-24-15-11-22(12-16-24)26-19-28(23-13-17-25(40-2)18-14-23)36-34(27(26)20-35)41-21-33(38)37-29-7-3-5-9-31(29)42-32-10-6-4-8-30(32)37/h3-19H,21H2,1-2H3. The number of benzene rings is 4. The summed E-state index contributed by atoms with van der Waals surface area (Å²) >= 11 is 2.93. The first-order valence-electron chi connectivity index (χ1n) is 13.1. The number of thioether (sulfide) groups is 1. The summed E-state index contributed by atoms with van der Waals surface area (Å²) in [6, 6.07) is 35.3. The van der Waals surface area contributed by atoms with Gasteiger partial charge in [0.15, 0.2) is 0 Å². The molecule has 6 nitrogen and oxygen atoms in total. The van der Waals surface area contributed by atoms with E-state index in [1.807, 2.05) is 103 Å². The van der Waals surface area contributed by atoms with E-state index in [0.29, 0.717) is 16.3 Å². The van der Waals surface area contributed by atoms with Gasteiger partial charge in [-0.1, -0.05) is 59.9 Å². The minimum Gasteiger partial charge on any atom is -0.497 e. The molecular weight excluding hydrogens is 563 g/mol. The van der Waals surface area contributed by atoms with Gasteiger partial charge >= 0.3 is 0 Å². The SMILES string of the molecule is COc1ccc(-c2cc(-c3ccc(OC)cc3)c(C#N)c(SCC(=O)N3c4ccccc4Sc4ccccc43)n2)cc1. The summed E-state index contributed by atoms with van der Waals surface area (Å²) in [5.41, 5.74) is 5.29. The minimum atomic E-state index is -0.0910. The smallest absolute Gasteiger partial charge is 0.242 e. The summed E-state index contributed by atoms with van der Waals surface area (Å²) in [6.07, 6.45) is 0. The molecule has 0 fully saturated rings. The molecule has 0 unspecified atom stereocenters. The Labute approximate surface area is 252 Å². The van der Waals surface area contributed by atoms with Gasteiger partial charge in [-0.05, 0) is 72.3 Å². The van der Waals surface area contributed by atoms with E-state index in [4.69, 9.17) is 14.5 Å². The van der Waals surface area contributed by atoms with Crippen LogP contribution in [0.4, 0.5) is 11.4 Å². The average Bonchev–Trinajstić information content (AvgIpc) is 3.05. The molecule has 6 rings (SSSR count). The third kappa shape index (κ3) is 5.32. The molecule has 0 atom stereocenters. The third-order valence-corrected chi connectivity index (χ3v) is 8.99. The Kier molecular flexibility index (Phi) is 7.87. The lowest BCUT2D eigenvalue weighted by Gasteiger charge is -2.31. The van der Waals surface area contributed by atoms with Crippen LogP contribution < -0.4 is 14.4 Å². The highest BCUT2D eigenvalue weighted by Crippen LogP contribution is 2.48. The first kappa shape index (κ1) is 27.5. The number of rotatable bonds is 7. The van der Waals surface area contributed by atoms with E-state index in [-0.39, 0.29) is 11.7 Å². The molecule has 1 aromatic heterocycles.